The number of nitrogens with zero attached hydrogens (tertiary/aromatic N) is 1. The maximum atomic E-state index is 4.15. The molecule has 64 valence electrons. The van der Waals surface area contributed by atoms with Crippen LogP contribution in [0, 0.1) is 13.8 Å². The predicted octanol–water partition coefficient (Wildman–Crippen LogP) is 2.74. The van der Waals surface area contributed by atoms with Crippen LogP contribution in [0.3, 0.4) is 0 Å². The van der Waals surface area contributed by atoms with E-state index < -0.39 is 0 Å². The van der Waals surface area contributed by atoms with E-state index in [1.54, 1.807) is 0 Å². The van der Waals surface area contributed by atoms with Gasteiger partial charge in [-0.3, -0.25) is 4.99 Å². The predicted molar refractivity (Wildman–Crippen MR) is 54.1 cm³/mol. The van der Waals surface area contributed by atoms with Crippen LogP contribution in [0.25, 0.3) is 0 Å². The molecule has 1 rings (SSSR count). The summed E-state index contributed by atoms with van der Waals surface area (Å²) >= 11 is 0. The standard InChI is InChI=1S/C11H15N/c1-8-5-6-11(7-9(8)2)10(3)12-4/h5-7H,1-4H3/b12-10+. The van der Waals surface area contributed by atoms with Crippen LogP contribution in [0.5, 0.6) is 0 Å². The molecular formula is C11H15N. The van der Waals surface area contributed by atoms with E-state index in [0.717, 1.165) is 5.71 Å². The van der Waals surface area contributed by atoms with Crippen LogP contribution in [-0.4, -0.2) is 12.8 Å². The van der Waals surface area contributed by atoms with Gasteiger partial charge < -0.3 is 0 Å². The third kappa shape index (κ3) is 1.73. The van der Waals surface area contributed by atoms with E-state index in [9.17, 15) is 0 Å². The van der Waals surface area contributed by atoms with Gasteiger partial charge in [-0.15, -0.1) is 0 Å². The Morgan fingerprint density at radius 3 is 2.33 bits per heavy atom. The molecule has 0 aliphatic carbocycles. The lowest BCUT2D eigenvalue weighted by atomic mass is 10.0. The van der Waals surface area contributed by atoms with Gasteiger partial charge in [0.1, 0.15) is 0 Å². The van der Waals surface area contributed by atoms with Gasteiger partial charge in [-0.1, -0.05) is 12.1 Å². The van der Waals surface area contributed by atoms with Crippen molar-refractivity contribution in [3.63, 3.8) is 0 Å². The van der Waals surface area contributed by atoms with Gasteiger partial charge in [-0.05, 0) is 43.5 Å². The molecular weight excluding hydrogens is 146 g/mol. The summed E-state index contributed by atoms with van der Waals surface area (Å²) < 4.78 is 0. The molecule has 0 bridgehead atoms. The van der Waals surface area contributed by atoms with Crippen molar-refractivity contribution in [1.82, 2.24) is 0 Å². The van der Waals surface area contributed by atoms with E-state index in [1.807, 2.05) is 14.0 Å². The molecule has 1 aromatic rings. The van der Waals surface area contributed by atoms with Crippen molar-refractivity contribution in [2.75, 3.05) is 7.05 Å². The van der Waals surface area contributed by atoms with E-state index in [4.69, 9.17) is 0 Å². The maximum absolute atomic E-state index is 4.15. The molecule has 12 heavy (non-hydrogen) atoms. The molecule has 1 aromatic carbocycles. The van der Waals surface area contributed by atoms with Crippen molar-refractivity contribution in [2.24, 2.45) is 4.99 Å². The molecule has 0 atom stereocenters. The summed E-state index contributed by atoms with van der Waals surface area (Å²) in [6.45, 7) is 6.28. The topological polar surface area (TPSA) is 12.4 Å². The zero-order chi connectivity index (χ0) is 9.14. The van der Waals surface area contributed by atoms with E-state index in [1.165, 1.54) is 16.7 Å². The molecule has 0 aliphatic heterocycles. The van der Waals surface area contributed by atoms with Crippen molar-refractivity contribution in [3.05, 3.63) is 34.9 Å². The van der Waals surface area contributed by atoms with Gasteiger partial charge in [-0.2, -0.15) is 0 Å². The van der Waals surface area contributed by atoms with Gasteiger partial charge in [0.25, 0.3) is 0 Å². The molecule has 0 saturated heterocycles. The van der Waals surface area contributed by atoms with E-state index in [-0.39, 0.29) is 0 Å². The van der Waals surface area contributed by atoms with Crippen molar-refractivity contribution in [3.8, 4) is 0 Å². The number of aryl methyl sites for hydroxylation is 2. The Morgan fingerprint density at radius 1 is 1.17 bits per heavy atom. The van der Waals surface area contributed by atoms with Gasteiger partial charge in [0.15, 0.2) is 0 Å². The molecule has 0 saturated carbocycles. The second-order valence-corrected chi connectivity index (χ2v) is 3.11. The van der Waals surface area contributed by atoms with E-state index >= 15 is 0 Å². The molecule has 0 N–H and O–H groups in total. The summed E-state index contributed by atoms with van der Waals surface area (Å²) in [6.07, 6.45) is 0. The molecule has 0 heterocycles. The molecule has 0 aliphatic rings. The molecule has 1 nitrogen and oxygen atoms in total. The maximum Gasteiger partial charge on any atom is 0.0386 e. The van der Waals surface area contributed by atoms with Crippen molar-refractivity contribution in [2.45, 2.75) is 20.8 Å². The molecule has 1 heteroatoms. The molecule has 0 unspecified atom stereocenters. The lowest BCUT2D eigenvalue weighted by Crippen LogP contribution is -1.95. The first-order valence-electron chi connectivity index (χ1n) is 4.16. The summed E-state index contributed by atoms with van der Waals surface area (Å²) in [5.41, 5.74) is 4.98. The lowest BCUT2D eigenvalue weighted by molar-refractivity contribution is 1.32. The highest BCUT2D eigenvalue weighted by Gasteiger charge is 1.97. The molecule has 0 aromatic heterocycles. The fourth-order valence-corrected chi connectivity index (χ4v) is 1.10. The quantitative estimate of drug-likeness (QED) is 0.561. The van der Waals surface area contributed by atoms with Gasteiger partial charge in [-0.25, -0.2) is 0 Å². The SMILES string of the molecule is C/N=C(\C)c1ccc(C)c(C)c1. The minimum Gasteiger partial charge on any atom is -0.293 e. The second-order valence-electron chi connectivity index (χ2n) is 3.11. The first-order chi connectivity index (χ1) is 5.65. The van der Waals surface area contributed by atoms with Crippen molar-refractivity contribution < 1.29 is 0 Å². The molecule has 0 amide bonds. The van der Waals surface area contributed by atoms with Gasteiger partial charge >= 0.3 is 0 Å². The molecule has 0 fully saturated rings. The average molecular weight is 161 g/mol. The Bertz CT molecular complexity index is 311. The fraction of sp³-hybridized carbons (Fsp3) is 0.364. The average Bonchev–Trinajstić information content (AvgIpc) is 2.08. The monoisotopic (exact) mass is 161 g/mol. The van der Waals surface area contributed by atoms with Crippen LogP contribution in [0.4, 0.5) is 0 Å². The van der Waals surface area contributed by atoms with Gasteiger partial charge in [0.05, 0.1) is 0 Å². The highest BCUT2D eigenvalue weighted by Crippen LogP contribution is 2.10. The lowest BCUT2D eigenvalue weighted by Gasteiger charge is -2.03. The number of rotatable bonds is 1. The number of benzene rings is 1. The largest absolute Gasteiger partial charge is 0.293 e. The Balaban J connectivity index is 3.13. The molecule has 0 spiro atoms. The minimum absolute atomic E-state index is 1.10. The Hall–Kier alpha value is -1.11. The van der Waals surface area contributed by atoms with Crippen LogP contribution in [0.15, 0.2) is 23.2 Å². The first kappa shape index (κ1) is 8.98. The summed E-state index contributed by atoms with van der Waals surface area (Å²) in [4.78, 5) is 4.15. The van der Waals surface area contributed by atoms with Gasteiger partial charge in [0.2, 0.25) is 0 Å². The van der Waals surface area contributed by atoms with Crippen LogP contribution < -0.4 is 0 Å². The smallest absolute Gasteiger partial charge is 0.0386 e. The zero-order valence-electron chi connectivity index (χ0n) is 8.18. The third-order valence-corrected chi connectivity index (χ3v) is 2.26. The highest BCUT2D eigenvalue weighted by atomic mass is 14.7. The van der Waals surface area contributed by atoms with Crippen LogP contribution in [0.1, 0.15) is 23.6 Å². The van der Waals surface area contributed by atoms with E-state index in [0.29, 0.717) is 0 Å². The summed E-state index contributed by atoms with van der Waals surface area (Å²) in [6, 6.07) is 6.43. The van der Waals surface area contributed by atoms with Crippen LogP contribution in [0.2, 0.25) is 0 Å². The van der Waals surface area contributed by atoms with Crippen molar-refractivity contribution >= 4 is 5.71 Å². The molecule has 0 radical (unpaired) electrons. The number of hydrogen-bond donors (Lipinski definition) is 0. The van der Waals surface area contributed by atoms with E-state index in [2.05, 4.69) is 37.0 Å². The normalized spacial score (nSPS) is 11.8. The van der Waals surface area contributed by atoms with Crippen molar-refractivity contribution in [1.29, 1.82) is 0 Å². The summed E-state index contributed by atoms with van der Waals surface area (Å²) in [7, 11) is 1.82. The number of hydrogen-bond acceptors (Lipinski definition) is 1. The number of aliphatic imine (C=N–C) groups is 1. The Labute approximate surface area is 74.2 Å². The third-order valence-electron chi connectivity index (χ3n) is 2.26. The minimum atomic E-state index is 1.10. The zero-order valence-corrected chi connectivity index (χ0v) is 8.18. The highest BCUT2D eigenvalue weighted by molar-refractivity contribution is 5.98. The summed E-state index contributed by atoms with van der Waals surface area (Å²) in [5, 5.41) is 0. The first-order valence-corrected chi connectivity index (χ1v) is 4.16. The summed E-state index contributed by atoms with van der Waals surface area (Å²) in [5.74, 6) is 0. The second kappa shape index (κ2) is 3.53. The Morgan fingerprint density at radius 2 is 1.83 bits per heavy atom. The fourth-order valence-electron chi connectivity index (χ4n) is 1.10. The van der Waals surface area contributed by atoms with Gasteiger partial charge in [0, 0.05) is 12.8 Å². The van der Waals surface area contributed by atoms with Crippen LogP contribution in [-0.2, 0) is 0 Å². The Kier molecular flexibility index (Phi) is 2.64. The van der Waals surface area contributed by atoms with Crippen LogP contribution >= 0.6 is 0 Å².